The lowest BCUT2D eigenvalue weighted by Crippen LogP contribution is -2.14. The third-order valence-corrected chi connectivity index (χ3v) is 4.56. The summed E-state index contributed by atoms with van der Waals surface area (Å²) in [6.07, 6.45) is -3.00. The van der Waals surface area contributed by atoms with Crippen LogP contribution in [0.1, 0.15) is 35.4 Å². The predicted molar refractivity (Wildman–Crippen MR) is 100 cm³/mol. The van der Waals surface area contributed by atoms with E-state index in [9.17, 15) is 27.5 Å². The molecular weight excluding hydrogens is 406 g/mol. The Morgan fingerprint density at radius 1 is 1.13 bits per heavy atom. The van der Waals surface area contributed by atoms with Crippen molar-refractivity contribution in [2.24, 2.45) is 0 Å². The van der Waals surface area contributed by atoms with Gasteiger partial charge in [0.25, 0.3) is 12.9 Å². The minimum Gasteiger partial charge on any atom is -0.494 e. The zero-order valence-corrected chi connectivity index (χ0v) is 15.9. The van der Waals surface area contributed by atoms with Crippen LogP contribution in [-0.4, -0.2) is 39.4 Å². The number of aromatic nitrogens is 3. The number of carbonyl (C=O) groups is 1. The smallest absolute Gasteiger partial charge is 0.336 e. The van der Waals surface area contributed by atoms with E-state index in [1.54, 1.807) is 0 Å². The molecule has 0 aliphatic rings. The number of rotatable bonds is 7. The molecule has 2 aromatic heterocycles. The second-order valence-corrected chi connectivity index (χ2v) is 6.43. The van der Waals surface area contributed by atoms with Gasteiger partial charge in [-0.05, 0) is 31.2 Å². The van der Waals surface area contributed by atoms with Gasteiger partial charge in [-0.1, -0.05) is 6.07 Å². The highest BCUT2D eigenvalue weighted by Gasteiger charge is 2.21. The molecule has 1 aromatic carbocycles. The van der Waals surface area contributed by atoms with Crippen LogP contribution in [0, 0.1) is 0 Å². The van der Waals surface area contributed by atoms with Gasteiger partial charge >= 0.3 is 5.97 Å². The van der Waals surface area contributed by atoms with Crippen molar-refractivity contribution < 1.29 is 32.2 Å². The van der Waals surface area contributed by atoms with Gasteiger partial charge in [0.05, 0.1) is 24.6 Å². The number of hydrogen-bond donors (Lipinski definition) is 1. The van der Waals surface area contributed by atoms with Crippen LogP contribution < -0.4 is 4.74 Å². The summed E-state index contributed by atoms with van der Waals surface area (Å²) >= 11 is 0. The van der Waals surface area contributed by atoms with Crippen LogP contribution in [0.4, 0.5) is 17.6 Å². The Balaban J connectivity index is 2.16. The van der Waals surface area contributed by atoms with Crippen molar-refractivity contribution in [1.82, 2.24) is 14.8 Å². The molecule has 6 nitrogen and oxygen atoms in total. The number of methoxy groups -OCH3 is 1. The molecule has 0 bridgehead atoms. The van der Waals surface area contributed by atoms with Crippen molar-refractivity contribution >= 4 is 5.97 Å². The van der Waals surface area contributed by atoms with Gasteiger partial charge in [0.2, 0.25) is 0 Å². The summed E-state index contributed by atoms with van der Waals surface area (Å²) in [7, 11) is 1.31. The lowest BCUT2D eigenvalue weighted by Gasteiger charge is -2.14. The van der Waals surface area contributed by atoms with Crippen LogP contribution in [0.15, 0.2) is 42.7 Å². The normalized spacial score (nSPS) is 12.4. The van der Waals surface area contributed by atoms with E-state index >= 15 is 0 Å². The number of carboxylic acid groups (broad SMARTS) is 1. The van der Waals surface area contributed by atoms with Crippen LogP contribution in [0.3, 0.4) is 0 Å². The number of ether oxygens (including phenoxy) is 1. The molecular formula is C20H17F4N3O3. The van der Waals surface area contributed by atoms with E-state index in [1.807, 2.05) is 0 Å². The lowest BCUT2D eigenvalue weighted by atomic mass is 9.95. The molecule has 1 N–H and O–H groups in total. The van der Waals surface area contributed by atoms with E-state index in [-0.39, 0.29) is 22.4 Å². The predicted octanol–water partition coefficient (Wildman–Crippen LogP) is 5.08. The Hall–Kier alpha value is -3.43. The quantitative estimate of drug-likeness (QED) is 0.536. The van der Waals surface area contributed by atoms with E-state index in [0.29, 0.717) is 11.3 Å². The van der Waals surface area contributed by atoms with E-state index in [0.717, 1.165) is 16.9 Å². The summed E-state index contributed by atoms with van der Waals surface area (Å²) in [4.78, 5) is 15.3. The third kappa shape index (κ3) is 4.12. The van der Waals surface area contributed by atoms with Crippen LogP contribution in [0.2, 0.25) is 0 Å². The Labute approximate surface area is 168 Å². The van der Waals surface area contributed by atoms with Crippen molar-refractivity contribution in [2.75, 3.05) is 7.11 Å². The Morgan fingerprint density at radius 3 is 2.47 bits per heavy atom. The van der Waals surface area contributed by atoms with E-state index < -0.39 is 30.6 Å². The van der Waals surface area contributed by atoms with Gasteiger partial charge in [-0.2, -0.15) is 5.10 Å². The number of pyridine rings is 1. The minimum absolute atomic E-state index is 0.107. The number of benzene rings is 1. The molecule has 3 rings (SSSR count). The molecule has 0 saturated heterocycles. The molecule has 0 radical (unpaired) electrons. The molecule has 1 unspecified atom stereocenters. The van der Waals surface area contributed by atoms with Crippen molar-refractivity contribution in [3.05, 3.63) is 54.0 Å². The summed E-state index contributed by atoms with van der Waals surface area (Å²) in [6, 6.07) is 5.62. The summed E-state index contributed by atoms with van der Waals surface area (Å²) in [5.74, 6) is -1.17. The standard InChI is InChI=1S/C20H17F4N3O3/c1-10(18(21)22)27-6-5-15(26-27)11-3-4-12(20(28)29)13(7-11)14-8-16(19(23)24)25-9-17(14)30-2/h3-10,18-19H,1-2H3,(H,28,29). The van der Waals surface area contributed by atoms with Crippen LogP contribution >= 0.6 is 0 Å². The molecule has 0 amide bonds. The van der Waals surface area contributed by atoms with Gasteiger partial charge < -0.3 is 9.84 Å². The van der Waals surface area contributed by atoms with E-state index in [1.165, 1.54) is 44.5 Å². The molecule has 0 saturated carbocycles. The van der Waals surface area contributed by atoms with E-state index in [2.05, 4.69) is 10.1 Å². The average Bonchev–Trinajstić information content (AvgIpc) is 3.22. The molecule has 3 aromatic rings. The number of hydrogen-bond acceptors (Lipinski definition) is 4. The fraction of sp³-hybridized carbons (Fsp3) is 0.250. The largest absolute Gasteiger partial charge is 0.494 e. The average molecular weight is 423 g/mol. The number of carboxylic acids is 1. The molecule has 0 aliphatic heterocycles. The highest BCUT2D eigenvalue weighted by atomic mass is 19.3. The first-order valence-corrected chi connectivity index (χ1v) is 8.76. The molecule has 0 spiro atoms. The topological polar surface area (TPSA) is 77.2 Å². The lowest BCUT2D eigenvalue weighted by molar-refractivity contribution is 0.0697. The molecule has 2 heterocycles. The second kappa shape index (κ2) is 8.52. The van der Waals surface area contributed by atoms with Crippen LogP contribution in [0.25, 0.3) is 22.4 Å². The van der Waals surface area contributed by atoms with Gasteiger partial charge in [0.1, 0.15) is 17.5 Å². The molecule has 30 heavy (non-hydrogen) atoms. The van der Waals surface area contributed by atoms with Crippen LogP contribution in [-0.2, 0) is 0 Å². The molecule has 158 valence electrons. The summed E-state index contributed by atoms with van der Waals surface area (Å²) in [5, 5.41) is 13.7. The number of halogens is 4. The van der Waals surface area contributed by atoms with Crippen molar-refractivity contribution in [1.29, 1.82) is 0 Å². The third-order valence-electron chi connectivity index (χ3n) is 4.56. The number of aromatic carboxylic acids is 1. The van der Waals surface area contributed by atoms with Crippen molar-refractivity contribution in [2.45, 2.75) is 25.8 Å². The highest BCUT2D eigenvalue weighted by molar-refractivity contribution is 5.98. The van der Waals surface area contributed by atoms with Gasteiger partial charge in [-0.15, -0.1) is 0 Å². The Kier molecular flexibility index (Phi) is 6.04. The minimum atomic E-state index is -2.86. The Morgan fingerprint density at radius 2 is 1.87 bits per heavy atom. The summed E-state index contributed by atoms with van der Waals surface area (Å²) < 4.78 is 58.4. The van der Waals surface area contributed by atoms with Gasteiger partial charge in [-0.25, -0.2) is 22.4 Å². The van der Waals surface area contributed by atoms with Gasteiger partial charge in [0.15, 0.2) is 0 Å². The maximum atomic E-state index is 13.2. The molecule has 10 heteroatoms. The zero-order chi connectivity index (χ0) is 22.0. The van der Waals surface area contributed by atoms with Crippen LogP contribution in [0.5, 0.6) is 5.75 Å². The first kappa shape index (κ1) is 21.3. The molecule has 0 aliphatic carbocycles. The first-order chi connectivity index (χ1) is 14.2. The summed E-state index contributed by atoms with van der Waals surface area (Å²) in [5.41, 5.74) is 0.280. The highest BCUT2D eigenvalue weighted by Crippen LogP contribution is 2.36. The second-order valence-electron chi connectivity index (χ2n) is 6.43. The van der Waals surface area contributed by atoms with E-state index in [4.69, 9.17) is 4.74 Å². The zero-order valence-electron chi connectivity index (χ0n) is 15.9. The first-order valence-electron chi connectivity index (χ1n) is 8.76. The number of alkyl halides is 4. The van der Waals surface area contributed by atoms with Crippen molar-refractivity contribution in [3.8, 4) is 28.1 Å². The molecule has 1 atom stereocenters. The SMILES string of the molecule is COc1cnc(C(F)F)cc1-c1cc(-c2ccn(C(C)C(F)F)n2)ccc1C(=O)O. The maximum Gasteiger partial charge on any atom is 0.336 e. The van der Waals surface area contributed by atoms with Gasteiger partial charge in [0, 0.05) is 22.9 Å². The summed E-state index contributed by atoms with van der Waals surface area (Å²) in [6.45, 7) is 1.31. The fourth-order valence-electron chi connectivity index (χ4n) is 2.90. The monoisotopic (exact) mass is 423 g/mol. The van der Waals surface area contributed by atoms with Gasteiger partial charge in [-0.3, -0.25) is 9.67 Å². The van der Waals surface area contributed by atoms with Crippen molar-refractivity contribution in [3.63, 3.8) is 0 Å². The number of nitrogens with zero attached hydrogens (tertiary/aromatic N) is 3. The Bertz CT molecular complexity index is 1070. The fourth-order valence-corrected chi connectivity index (χ4v) is 2.90. The maximum absolute atomic E-state index is 13.2. The molecule has 0 fully saturated rings.